The number of anilines is 1. The average molecular weight is 287 g/mol. The third-order valence-electron chi connectivity index (χ3n) is 4.05. The van der Waals surface area contributed by atoms with Crippen molar-refractivity contribution in [3.63, 3.8) is 0 Å². The van der Waals surface area contributed by atoms with E-state index in [1.807, 2.05) is 12.4 Å². The van der Waals surface area contributed by atoms with Gasteiger partial charge in [0.05, 0.1) is 5.69 Å². The van der Waals surface area contributed by atoms with Crippen LogP contribution in [0.15, 0.2) is 17.5 Å². The van der Waals surface area contributed by atoms with E-state index in [0.717, 1.165) is 55.4 Å². The Morgan fingerprint density at radius 1 is 1.29 bits per heavy atom. The van der Waals surface area contributed by atoms with Crippen LogP contribution in [0.2, 0.25) is 0 Å². The maximum absolute atomic E-state index is 5.44. The van der Waals surface area contributed by atoms with Gasteiger partial charge in [0.2, 0.25) is 0 Å². The number of nitrogens with one attached hydrogen (secondary N) is 1. The zero-order valence-electron chi connectivity index (χ0n) is 12.5. The van der Waals surface area contributed by atoms with Crippen molar-refractivity contribution in [1.29, 1.82) is 0 Å². The maximum atomic E-state index is 5.44. The van der Waals surface area contributed by atoms with Crippen LogP contribution >= 0.6 is 0 Å². The minimum absolute atomic E-state index is 0.474. The molecule has 0 aliphatic carbocycles. The molecule has 0 radical (unpaired) electrons. The van der Waals surface area contributed by atoms with Crippen LogP contribution in [0.25, 0.3) is 5.70 Å². The lowest BCUT2D eigenvalue weighted by Crippen LogP contribution is -2.37. The average Bonchev–Trinajstić information content (AvgIpc) is 2.56. The minimum atomic E-state index is 0.474. The number of hydrogen-bond acceptors (Lipinski definition) is 6. The summed E-state index contributed by atoms with van der Waals surface area (Å²) in [6.45, 7) is 4.48. The van der Waals surface area contributed by atoms with Gasteiger partial charge in [-0.15, -0.1) is 0 Å². The molecule has 6 heteroatoms. The van der Waals surface area contributed by atoms with Gasteiger partial charge in [0.25, 0.3) is 0 Å². The van der Waals surface area contributed by atoms with Crippen molar-refractivity contribution in [3.8, 4) is 0 Å². The van der Waals surface area contributed by atoms with Gasteiger partial charge in [-0.2, -0.15) is 0 Å². The zero-order chi connectivity index (χ0) is 14.7. The molecule has 3 rings (SSSR count). The molecule has 0 amide bonds. The maximum Gasteiger partial charge on any atom is 0.135 e. The van der Waals surface area contributed by atoms with Gasteiger partial charge in [-0.05, 0) is 19.8 Å². The van der Waals surface area contributed by atoms with E-state index < -0.39 is 0 Å². The largest absolute Gasteiger partial charge is 0.384 e. The topological polar surface area (TPSA) is 62.6 Å². The molecule has 0 spiro atoms. The number of rotatable bonds is 3. The summed E-state index contributed by atoms with van der Waals surface area (Å²) in [7, 11) is 2.10. The number of aromatic nitrogens is 2. The Labute approximate surface area is 125 Å². The smallest absolute Gasteiger partial charge is 0.135 e. The molecule has 1 N–H and O–H groups in total. The third-order valence-corrected chi connectivity index (χ3v) is 4.05. The summed E-state index contributed by atoms with van der Waals surface area (Å²) in [6, 6.07) is 0.474. The van der Waals surface area contributed by atoms with Crippen molar-refractivity contribution >= 4 is 17.7 Å². The van der Waals surface area contributed by atoms with E-state index in [4.69, 9.17) is 4.74 Å². The van der Waals surface area contributed by atoms with Gasteiger partial charge >= 0.3 is 0 Å². The van der Waals surface area contributed by atoms with Crippen molar-refractivity contribution in [2.24, 2.45) is 4.99 Å². The lowest BCUT2D eigenvalue weighted by atomic mass is 10.1. The fraction of sp³-hybridized carbons (Fsp3) is 0.533. The first-order valence-electron chi connectivity index (χ1n) is 7.36. The second-order valence-corrected chi connectivity index (χ2v) is 5.37. The quantitative estimate of drug-likeness (QED) is 0.910. The summed E-state index contributed by atoms with van der Waals surface area (Å²) in [5.41, 5.74) is 2.82. The van der Waals surface area contributed by atoms with Crippen LogP contribution in [0.1, 0.15) is 24.1 Å². The summed E-state index contributed by atoms with van der Waals surface area (Å²) in [5, 5.41) is 3.17. The summed E-state index contributed by atoms with van der Waals surface area (Å²) in [5.74, 6) is 0.980. The Hall–Kier alpha value is -1.95. The van der Waals surface area contributed by atoms with Gasteiger partial charge in [0, 0.05) is 50.8 Å². The molecule has 0 aromatic carbocycles. The standard InChI is InChI=1S/C15H21N5O/c1-11-14(13-9-16-5-6-17-13)18-10-19-15(11)20(2)12-3-7-21-8-4-12/h6,9-10,12,16H,3-5,7-8H2,1-2H3. The van der Waals surface area contributed by atoms with Gasteiger partial charge in [0.1, 0.15) is 17.8 Å². The Morgan fingerprint density at radius 3 is 2.81 bits per heavy atom. The van der Waals surface area contributed by atoms with Gasteiger partial charge in [-0.25, -0.2) is 9.97 Å². The monoisotopic (exact) mass is 287 g/mol. The van der Waals surface area contributed by atoms with E-state index in [1.54, 1.807) is 6.33 Å². The molecule has 112 valence electrons. The number of nitrogens with zero attached hydrogens (tertiary/aromatic N) is 4. The Morgan fingerprint density at radius 2 is 2.10 bits per heavy atom. The predicted octanol–water partition coefficient (Wildman–Crippen LogP) is 1.37. The van der Waals surface area contributed by atoms with Crippen molar-refractivity contribution in [3.05, 3.63) is 23.8 Å². The molecule has 1 aromatic rings. The molecule has 0 atom stereocenters. The number of hydrogen-bond donors (Lipinski definition) is 1. The first-order valence-corrected chi connectivity index (χ1v) is 7.36. The van der Waals surface area contributed by atoms with Crippen LogP contribution in [0.4, 0.5) is 5.82 Å². The highest BCUT2D eigenvalue weighted by Crippen LogP contribution is 2.27. The molecule has 0 bridgehead atoms. The van der Waals surface area contributed by atoms with Crippen LogP contribution in [0.3, 0.4) is 0 Å². The summed E-state index contributed by atoms with van der Waals surface area (Å²) in [6.07, 6.45) is 7.47. The van der Waals surface area contributed by atoms with Gasteiger partial charge < -0.3 is 15.0 Å². The first-order chi connectivity index (χ1) is 10.3. The molecule has 2 aliphatic rings. The van der Waals surface area contributed by atoms with Crippen molar-refractivity contribution in [2.75, 3.05) is 31.7 Å². The SMILES string of the molecule is Cc1c(C2=CNCC=N2)ncnc1N(C)C1CCOCC1. The number of aliphatic imine (C=N–C) groups is 1. The lowest BCUT2D eigenvalue weighted by Gasteiger charge is -2.33. The molecule has 0 unspecified atom stereocenters. The van der Waals surface area contributed by atoms with E-state index >= 15 is 0 Å². The fourth-order valence-corrected chi connectivity index (χ4v) is 2.82. The van der Waals surface area contributed by atoms with E-state index in [0.29, 0.717) is 6.04 Å². The first kappa shape index (κ1) is 14.0. The number of ether oxygens (including phenoxy) is 1. The summed E-state index contributed by atoms with van der Waals surface area (Å²) < 4.78 is 5.44. The zero-order valence-corrected chi connectivity index (χ0v) is 12.5. The molecule has 21 heavy (non-hydrogen) atoms. The van der Waals surface area contributed by atoms with Crippen LogP contribution in [0, 0.1) is 6.92 Å². The highest BCUT2D eigenvalue weighted by atomic mass is 16.5. The van der Waals surface area contributed by atoms with E-state index in [-0.39, 0.29) is 0 Å². The highest BCUT2D eigenvalue weighted by molar-refractivity contribution is 5.78. The summed E-state index contributed by atoms with van der Waals surface area (Å²) >= 11 is 0. The van der Waals surface area contributed by atoms with Crippen LogP contribution in [0.5, 0.6) is 0 Å². The molecular weight excluding hydrogens is 266 g/mol. The molecule has 1 aromatic heterocycles. The van der Waals surface area contributed by atoms with Crippen molar-refractivity contribution in [1.82, 2.24) is 15.3 Å². The molecule has 3 heterocycles. The van der Waals surface area contributed by atoms with Crippen LogP contribution in [-0.2, 0) is 4.74 Å². The Bertz CT molecular complexity index is 563. The van der Waals surface area contributed by atoms with E-state index in [2.05, 4.69) is 39.1 Å². The highest BCUT2D eigenvalue weighted by Gasteiger charge is 2.22. The van der Waals surface area contributed by atoms with E-state index in [9.17, 15) is 0 Å². The van der Waals surface area contributed by atoms with Gasteiger partial charge in [-0.1, -0.05) is 0 Å². The lowest BCUT2D eigenvalue weighted by molar-refractivity contribution is 0.0853. The van der Waals surface area contributed by atoms with Crippen molar-refractivity contribution in [2.45, 2.75) is 25.8 Å². The minimum Gasteiger partial charge on any atom is -0.384 e. The molecule has 2 aliphatic heterocycles. The predicted molar refractivity (Wildman–Crippen MR) is 83.5 cm³/mol. The molecule has 1 saturated heterocycles. The molecule has 0 saturated carbocycles. The molecular formula is C15H21N5O. The van der Waals surface area contributed by atoms with Gasteiger partial charge in [0.15, 0.2) is 0 Å². The van der Waals surface area contributed by atoms with Gasteiger partial charge in [-0.3, -0.25) is 4.99 Å². The van der Waals surface area contributed by atoms with Crippen LogP contribution < -0.4 is 10.2 Å². The van der Waals surface area contributed by atoms with Crippen LogP contribution in [-0.4, -0.2) is 49.0 Å². The Kier molecular flexibility index (Phi) is 4.15. The normalized spacial score (nSPS) is 19.0. The summed E-state index contributed by atoms with van der Waals surface area (Å²) in [4.78, 5) is 15.6. The third kappa shape index (κ3) is 2.90. The fourth-order valence-electron chi connectivity index (χ4n) is 2.82. The van der Waals surface area contributed by atoms with E-state index in [1.165, 1.54) is 0 Å². The molecule has 1 fully saturated rings. The molecule has 6 nitrogen and oxygen atoms in total. The second-order valence-electron chi connectivity index (χ2n) is 5.37. The van der Waals surface area contributed by atoms with Crippen molar-refractivity contribution < 1.29 is 4.74 Å². The Balaban J connectivity index is 1.89. The second kappa shape index (κ2) is 6.22.